The summed E-state index contributed by atoms with van der Waals surface area (Å²) in [5, 5.41) is 14.5. The molecule has 0 spiro atoms. The molecule has 0 bridgehead atoms. The van der Waals surface area contributed by atoms with Crippen molar-refractivity contribution in [2.45, 2.75) is 25.3 Å². The summed E-state index contributed by atoms with van der Waals surface area (Å²) in [6.07, 6.45) is 3.23. The number of anilines is 1. The highest BCUT2D eigenvalue weighted by Crippen LogP contribution is 2.34. The van der Waals surface area contributed by atoms with Crippen LogP contribution in [-0.2, 0) is 6.42 Å². The number of nitro groups is 1. The Hall–Kier alpha value is -2.07. The van der Waals surface area contributed by atoms with Gasteiger partial charge in [0, 0.05) is 11.8 Å². The summed E-state index contributed by atoms with van der Waals surface area (Å²) in [4.78, 5) is 10.5. The third-order valence-electron chi connectivity index (χ3n) is 3.85. The van der Waals surface area contributed by atoms with Crippen molar-refractivity contribution in [2.75, 3.05) is 5.32 Å². The quantitative estimate of drug-likeness (QED) is 0.658. The first-order chi connectivity index (χ1) is 10.1. The first kappa shape index (κ1) is 13.9. The van der Waals surface area contributed by atoms with Gasteiger partial charge in [0.05, 0.1) is 11.0 Å². The number of nitro benzene ring substituents is 1. The number of fused-ring (bicyclic) bond motifs is 1. The van der Waals surface area contributed by atoms with Crippen molar-refractivity contribution in [3.63, 3.8) is 0 Å². The summed E-state index contributed by atoms with van der Waals surface area (Å²) in [7, 11) is 0. The molecule has 108 valence electrons. The number of nitrogens with zero attached hydrogens (tertiary/aromatic N) is 1. The average Bonchev–Trinajstić information content (AvgIpc) is 2.49. The highest BCUT2D eigenvalue weighted by atomic mass is 35.5. The van der Waals surface area contributed by atoms with Crippen molar-refractivity contribution in [1.29, 1.82) is 0 Å². The number of hydrogen-bond acceptors (Lipinski definition) is 3. The van der Waals surface area contributed by atoms with Crippen LogP contribution in [0.4, 0.5) is 11.4 Å². The molecule has 0 aromatic heterocycles. The van der Waals surface area contributed by atoms with Crippen molar-refractivity contribution < 1.29 is 4.92 Å². The lowest BCUT2D eigenvalue weighted by atomic mass is 9.87. The zero-order valence-corrected chi connectivity index (χ0v) is 12.1. The van der Waals surface area contributed by atoms with Gasteiger partial charge in [0.25, 0.3) is 5.69 Å². The van der Waals surface area contributed by atoms with Crippen molar-refractivity contribution >= 4 is 23.0 Å². The molecule has 4 nitrogen and oxygen atoms in total. The molecular weight excluding hydrogens is 288 g/mol. The molecule has 21 heavy (non-hydrogen) atoms. The van der Waals surface area contributed by atoms with Gasteiger partial charge in [-0.25, -0.2) is 0 Å². The Morgan fingerprint density at radius 1 is 1.24 bits per heavy atom. The van der Waals surface area contributed by atoms with Crippen LogP contribution in [0.5, 0.6) is 0 Å². The second-order valence-electron chi connectivity index (χ2n) is 5.21. The Balaban J connectivity index is 1.88. The van der Waals surface area contributed by atoms with E-state index in [0.29, 0.717) is 0 Å². The number of aryl methyl sites for hydroxylation is 1. The number of halogens is 1. The van der Waals surface area contributed by atoms with Crippen LogP contribution in [0.25, 0.3) is 0 Å². The Bertz CT molecular complexity index is 688. The molecule has 0 amide bonds. The highest BCUT2D eigenvalue weighted by Gasteiger charge is 2.20. The lowest BCUT2D eigenvalue weighted by Gasteiger charge is -2.27. The van der Waals surface area contributed by atoms with Crippen molar-refractivity contribution in [3.8, 4) is 0 Å². The largest absolute Gasteiger partial charge is 0.378 e. The minimum absolute atomic E-state index is 0.0641. The van der Waals surface area contributed by atoms with Gasteiger partial charge in [-0.15, -0.1) is 0 Å². The minimum Gasteiger partial charge on any atom is -0.378 e. The van der Waals surface area contributed by atoms with Crippen LogP contribution in [0.2, 0.25) is 5.02 Å². The summed E-state index contributed by atoms with van der Waals surface area (Å²) in [5.41, 5.74) is 3.30. The first-order valence-corrected chi connectivity index (χ1v) is 7.31. The van der Waals surface area contributed by atoms with E-state index in [2.05, 4.69) is 17.4 Å². The van der Waals surface area contributed by atoms with Gasteiger partial charge in [-0.2, -0.15) is 0 Å². The van der Waals surface area contributed by atoms with Crippen LogP contribution >= 0.6 is 11.6 Å². The summed E-state index contributed by atoms with van der Waals surface area (Å²) in [6, 6.07) is 13.4. The van der Waals surface area contributed by atoms with Crippen molar-refractivity contribution in [3.05, 3.63) is 68.7 Å². The third kappa shape index (κ3) is 2.85. The topological polar surface area (TPSA) is 55.2 Å². The monoisotopic (exact) mass is 302 g/mol. The first-order valence-electron chi connectivity index (χ1n) is 6.93. The van der Waals surface area contributed by atoms with Gasteiger partial charge >= 0.3 is 0 Å². The van der Waals surface area contributed by atoms with E-state index in [1.807, 2.05) is 12.1 Å². The zero-order chi connectivity index (χ0) is 14.8. The predicted octanol–water partition coefficient (Wildman–Crippen LogP) is 4.74. The highest BCUT2D eigenvalue weighted by molar-refractivity contribution is 6.32. The molecule has 5 heteroatoms. The van der Waals surface area contributed by atoms with Crippen LogP contribution in [-0.4, -0.2) is 4.92 Å². The summed E-state index contributed by atoms with van der Waals surface area (Å²) in [6.45, 7) is 0. The van der Waals surface area contributed by atoms with E-state index in [1.54, 1.807) is 12.1 Å². The summed E-state index contributed by atoms with van der Waals surface area (Å²) in [5.74, 6) is 0. The minimum atomic E-state index is -0.456. The van der Waals surface area contributed by atoms with E-state index in [9.17, 15) is 10.1 Å². The molecule has 0 saturated carbocycles. The maximum absolute atomic E-state index is 11.0. The Labute approximate surface area is 127 Å². The van der Waals surface area contributed by atoms with Crippen LogP contribution < -0.4 is 5.32 Å². The maximum Gasteiger partial charge on any atom is 0.289 e. The Kier molecular flexibility index (Phi) is 3.80. The van der Waals surface area contributed by atoms with Crippen molar-refractivity contribution in [2.24, 2.45) is 0 Å². The van der Waals surface area contributed by atoms with Gasteiger partial charge in [-0.05, 0) is 42.5 Å². The van der Waals surface area contributed by atoms with Gasteiger partial charge in [-0.3, -0.25) is 10.1 Å². The van der Waals surface area contributed by atoms with E-state index in [-0.39, 0.29) is 16.8 Å². The molecule has 0 fully saturated rings. The van der Waals surface area contributed by atoms with Crippen LogP contribution in [0.15, 0.2) is 42.5 Å². The van der Waals surface area contributed by atoms with E-state index >= 15 is 0 Å². The lowest BCUT2D eigenvalue weighted by molar-refractivity contribution is -0.384. The molecule has 2 aromatic rings. The fourth-order valence-corrected chi connectivity index (χ4v) is 3.03. The van der Waals surface area contributed by atoms with E-state index < -0.39 is 4.92 Å². The summed E-state index contributed by atoms with van der Waals surface area (Å²) < 4.78 is 0. The zero-order valence-electron chi connectivity index (χ0n) is 11.4. The average molecular weight is 303 g/mol. The second kappa shape index (κ2) is 5.74. The Morgan fingerprint density at radius 3 is 2.86 bits per heavy atom. The SMILES string of the molecule is O=[N+]([O-])c1cc(NC2CCCc3ccccc32)ccc1Cl. The number of nitrogens with one attached hydrogen (secondary N) is 1. The van der Waals surface area contributed by atoms with Crippen LogP contribution in [0.1, 0.15) is 30.0 Å². The van der Waals surface area contributed by atoms with Gasteiger partial charge in [0.1, 0.15) is 5.02 Å². The molecule has 0 heterocycles. The van der Waals surface area contributed by atoms with Gasteiger partial charge in [-0.1, -0.05) is 35.9 Å². The molecule has 1 aliphatic carbocycles. The molecule has 1 atom stereocenters. The lowest BCUT2D eigenvalue weighted by Crippen LogP contribution is -2.17. The molecule has 0 radical (unpaired) electrons. The van der Waals surface area contributed by atoms with Gasteiger partial charge in [0.15, 0.2) is 0 Å². The third-order valence-corrected chi connectivity index (χ3v) is 4.17. The van der Waals surface area contributed by atoms with Crippen LogP contribution in [0, 0.1) is 10.1 Å². The van der Waals surface area contributed by atoms with E-state index in [1.165, 1.54) is 17.2 Å². The number of benzene rings is 2. The maximum atomic E-state index is 11.0. The molecule has 1 aliphatic rings. The Morgan fingerprint density at radius 2 is 2.05 bits per heavy atom. The molecule has 3 rings (SSSR count). The van der Waals surface area contributed by atoms with E-state index in [4.69, 9.17) is 11.6 Å². The smallest absolute Gasteiger partial charge is 0.289 e. The summed E-state index contributed by atoms with van der Waals surface area (Å²) >= 11 is 5.85. The van der Waals surface area contributed by atoms with Crippen LogP contribution in [0.3, 0.4) is 0 Å². The standard InChI is InChI=1S/C16H15ClN2O2/c17-14-9-8-12(10-16(14)19(20)21)18-15-7-3-5-11-4-1-2-6-13(11)15/h1-2,4,6,8-10,15,18H,3,5,7H2. The normalized spacial score (nSPS) is 17.1. The molecule has 1 unspecified atom stereocenters. The van der Waals surface area contributed by atoms with Gasteiger partial charge in [0.2, 0.25) is 0 Å². The fraction of sp³-hybridized carbons (Fsp3) is 0.250. The number of rotatable bonds is 3. The fourth-order valence-electron chi connectivity index (χ4n) is 2.85. The predicted molar refractivity (Wildman–Crippen MR) is 83.9 cm³/mol. The molecular formula is C16H15ClN2O2. The second-order valence-corrected chi connectivity index (χ2v) is 5.62. The van der Waals surface area contributed by atoms with E-state index in [0.717, 1.165) is 24.9 Å². The van der Waals surface area contributed by atoms with Gasteiger partial charge < -0.3 is 5.32 Å². The number of hydrogen-bond donors (Lipinski definition) is 1. The molecule has 2 aromatic carbocycles. The molecule has 0 saturated heterocycles. The van der Waals surface area contributed by atoms with Crippen molar-refractivity contribution in [1.82, 2.24) is 0 Å². The molecule has 0 aliphatic heterocycles. The molecule has 1 N–H and O–H groups in total.